The van der Waals surface area contributed by atoms with Gasteiger partial charge in [-0.2, -0.15) is 0 Å². The maximum Gasteiger partial charge on any atom is 0.236 e. The lowest BCUT2D eigenvalue weighted by atomic mass is 10.1. The van der Waals surface area contributed by atoms with Gasteiger partial charge in [0.2, 0.25) is 5.91 Å². The Labute approximate surface area is 113 Å². The minimum Gasteiger partial charge on any atom is -0.494 e. The highest BCUT2D eigenvalue weighted by atomic mass is 19.1. The van der Waals surface area contributed by atoms with Crippen molar-refractivity contribution in [1.82, 2.24) is 10.2 Å². The van der Waals surface area contributed by atoms with E-state index in [1.807, 2.05) is 18.7 Å². The number of amides is 1. The van der Waals surface area contributed by atoms with Gasteiger partial charge < -0.3 is 10.1 Å². The third-order valence-corrected chi connectivity index (χ3v) is 3.18. The van der Waals surface area contributed by atoms with Crippen molar-refractivity contribution in [3.05, 3.63) is 29.6 Å². The lowest BCUT2D eigenvalue weighted by Gasteiger charge is -2.26. The Hall–Kier alpha value is -1.62. The van der Waals surface area contributed by atoms with Gasteiger partial charge >= 0.3 is 0 Å². The molecule has 0 aliphatic carbocycles. The van der Waals surface area contributed by atoms with Crippen LogP contribution in [0.25, 0.3) is 0 Å². The quantitative estimate of drug-likeness (QED) is 0.855. The minimum atomic E-state index is -0.386. The largest absolute Gasteiger partial charge is 0.494 e. The molecule has 0 radical (unpaired) electrons. The number of benzene rings is 1. The summed E-state index contributed by atoms with van der Waals surface area (Å²) in [6, 6.07) is 4.60. The summed E-state index contributed by atoms with van der Waals surface area (Å²) in [5.41, 5.74) is 0.816. The summed E-state index contributed by atoms with van der Waals surface area (Å²) in [6.07, 6.45) is 0. The van der Waals surface area contributed by atoms with Crippen LogP contribution in [0.4, 0.5) is 4.39 Å². The average Bonchev–Trinajstić information content (AvgIpc) is 2.43. The van der Waals surface area contributed by atoms with E-state index in [1.54, 1.807) is 19.2 Å². The third kappa shape index (κ3) is 3.92. The predicted octanol–water partition coefficient (Wildman–Crippen LogP) is 1.79. The SMILES string of the molecule is CCN(Cc1ccc(OC)c(F)c1)[C@@H](C)C(=O)NC. The van der Waals surface area contributed by atoms with E-state index >= 15 is 0 Å². The number of carbonyl (C=O) groups is 1. The first kappa shape index (κ1) is 15.4. The Morgan fingerprint density at radius 1 is 1.53 bits per heavy atom. The van der Waals surface area contributed by atoms with Crippen molar-refractivity contribution in [2.75, 3.05) is 20.7 Å². The summed E-state index contributed by atoms with van der Waals surface area (Å²) in [7, 11) is 3.05. The van der Waals surface area contributed by atoms with Crippen LogP contribution < -0.4 is 10.1 Å². The number of methoxy groups -OCH3 is 1. The van der Waals surface area contributed by atoms with E-state index in [1.165, 1.54) is 13.2 Å². The summed E-state index contributed by atoms with van der Waals surface area (Å²) in [4.78, 5) is 13.6. The van der Waals surface area contributed by atoms with Gasteiger partial charge in [0.15, 0.2) is 11.6 Å². The van der Waals surface area contributed by atoms with Crippen LogP contribution in [0.3, 0.4) is 0 Å². The molecule has 0 bridgehead atoms. The van der Waals surface area contributed by atoms with Crippen molar-refractivity contribution in [1.29, 1.82) is 0 Å². The molecule has 1 amide bonds. The Kier molecular flexibility index (Phi) is 5.76. The first-order valence-corrected chi connectivity index (χ1v) is 6.31. The summed E-state index contributed by atoms with van der Waals surface area (Å²) < 4.78 is 18.5. The number of likely N-dealkylation sites (N-methyl/N-ethyl adjacent to an activating group) is 2. The van der Waals surface area contributed by atoms with Gasteiger partial charge in [-0.25, -0.2) is 4.39 Å². The molecule has 0 aliphatic heterocycles. The monoisotopic (exact) mass is 268 g/mol. The normalized spacial score (nSPS) is 12.3. The Morgan fingerprint density at radius 3 is 2.68 bits per heavy atom. The van der Waals surface area contributed by atoms with E-state index in [9.17, 15) is 9.18 Å². The van der Waals surface area contributed by atoms with Crippen LogP contribution in [-0.2, 0) is 11.3 Å². The minimum absolute atomic E-state index is 0.0455. The molecular weight excluding hydrogens is 247 g/mol. The summed E-state index contributed by atoms with van der Waals surface area (Å²) in [6.45, 7) is 5.04. The molecule has 5 heteroatoms. The van der Waals surface area contributed by atoms with Gasteiger partial charge in [0.1, 0.15) is 0 Å². The second-order valence-electron chi connectivity index (χ2n) is 4.32. The predicted molar refractivity (Wildman–Crippen MR) is 72.6 cm³/mol. The molecule has 0 unspecified atom stereocenters. The van der Waals surface area contributed by atoms with E-state index in [2.05, 4.69) is 5.32 Å². The molecule has 0 heterocycles. The van der Waals surface area contributed by atoms with Crippen LogP contribution >= 0.6 is 0 Å². The van der Waals surface area contributed by atoms with Gasteiger partial charge in [-0.05, 0) is 31.2 Å². The number of carbonyl (C=O) groups excluding carboxylic acids is 1. The van der Waals surface area contributed by atoms with Crippen molar-refractivity contribution in [2.45, 2.75) is 26.4 Å². The van der Waals surface area contributed by atoms with Crippen molar-refractivity contribution in [2.24, 2.45) is 0 Å². The molecule has 4 nitrogen and oxygen atoms in total. The highest BCUT2D eigenvalue weighted by Crippen LogP contribution is 2.19. The molecule has 19 heavy (non-hydrogen) atoms. The van der Waals surface area contributed by atoms with Crippen LogP contribution in [0.15, 0.2) is 18.2 Å². The smallest absolute Gasteiger partial charge is 0.236 e. The van der Waals surface area contributed by atoms with E-state index in [0.29, 0.717) is 13.1 Å². The highest BCUT2D eigenvalue weighted by molar-refractivity contribution is 5.80. The third-order valence-electron chi connectivity index (χ3n) is 3.18. The fourth-order valence-electron chi connectivity index (χ4n) is 1.94. The zero-order chi connectivity index (χ0) is 14.4. The van der Waals surface area contributed by atoms with Crippen molar-refractivity contribution < 1.29 is 13.9 Å². The molecule has 1 rings (SSSR count). The van der Waals surface area contributed by atoms with Crippen molar-refractivity contribution in [3.63, 3.8) is 0 Å². The van der Waals surface area contributed by atoms with Gasteiger partial charge in [0.05, 0.1) is 13.2 Å². The summed E-state index contributed by atoms with van der Waals surface area (Å²) in [5.74, 6) is -0.203. The molecule has 1 aromatic carbocycles. The Bertz CT molecular complexity index is 437. The average molecular weight is 268 g/mol. The maximum absolute atomic E-state index is 13.6. The van der Waals surface area contributed by atoms with Crippen molar-refractivity contribution >= 4 is 5.91 Å². The maximum atomic E-state index is 13.6. The van der Waals surface area contributed by atoms with E-state index < -0.39 is 0 Å². The van der Waals surface area contributed by atoms with Crippen LogP contribution in [0.5, 0.6) is 5.75 Å². The second kappa shape index (κ2) is 7.09. The van der Waals surface area contributed by atoms with Crippen LogP contribution in [-0.4, -0.2) is 37.6 Å². The van der Waals surface area contributed by atoms with E-state index in [-0.39, 0.29) is 23.5 Å². The number of rotatable bonds is 6. The van der Waals surface area contributed by atoms with E-state index in [4.69, 9.17) is 4.74 Å². The standard InChI is InChI=1S/C14H21FN2O2/c1-5-17(10(2)14(18)16-3)9-11-6-7-13(19-4)12(15)8-11/h6-8,10H,5,9H2,1-4H3,(H,16,18)/t10-/m0/s1. The van der Waals surface area contributed by atoms with Crippen LogP contribution in [0.1, 0.15) is 19.4 Å². The number of halogens is 1. The fraction of sp³-hybridized carbons (Fsp3) is 0.500. The van der Waals surface area contributed by atoms with Gasteiger partial charge in [0.25, 0.3) is 0 Å². The highest BCUT2D eigenvalue weighted by Gasteiger charge is 2.19. The molecule has 0 spiro atoms. The zero-order valence-corrected chi connectivity index (χ0v) is 11.9. The van der Waals surface area contributed by atoms with Crippen molar-refractivity contribution in [3.8, 4) is 5.75 Å². The molecule has 0 aromatic heterocycles. The number of hydrogen-bond acceptors (Lipinski definition) is 3. The number of nitrogens with one attached hydrogen (secondary N) is 1. The Balaban J connectivity index is 2.81. The first-order chi connectivity index (χ1) is 9.03. The molecule has 1 atom stereocenters. The molecule has 0 aliphatic rings. The fourth-order valence-corrected chi connectivity index (χ4v) is 1.94. The number of nitrogens with zero attached hydrogens (tertiary/aromatic N) is 1. The summed E-state index contributed by atoms with van der Waals surface area (Å²) >= 11 is 0. The molecule has 0 fully saturated rings. The van der Waals surface area contributed by atoms with Gasteiger partial charge in [-0.3, -0.25) is 9.69 Å². The lowest BCUT2D eigenvalue weighted by Crippen LogP contribution is -2.43. The number of hydrogen-bond donors (Lipinski definition) is 1. The molecule has 1 aromatic rings. The first-order valence-electron chi connectivity index (χ1n) is 6.31. The van der Waals surface area contributed by atoms with Gasteiger partial charge in [-0.1, -0.05) is 13.0 Å². The van der Waals surface area contributed by atoms with Crippen LogP contribution in [0.2, 0.25) is 0 Å². The number of ether oxygens (including phenoxy) is 1. The molecule has 0 saturated heterocycles. The molecule has 0 saturated carbocycles. The zero-order valence-electron chi connectivity index (χ0n) is 11.9. The van der Waals surface area contributed by atoms with Gasteiger partial charge in [-0.15, -0.1) is 0 Å². The Morgan fingerprint density at radius 2 is 2.21 bits per heavy atom. The topological polar surface area (TPSA) is 41.6 Å². The van der Waals surface area contributed by atoms with Gasteiger partial charge in [0, 0.05) is 13.6 Å². The summed E-state index contributed by atoms with van der Waals surface area (Å²) in [5, 5.41) is 2.62. The molecule has 106 valence electrons. The molecular formula is C14H21FN2O2. The molecule has 1 N–H and O–H groups in total. The lowest BCUT2D eigenvalue weighted by molar-refractivity contribution is -0.125. The second-order valence-corrected chi connectivity index (χ2v) is 4.32. The van der Waals surface area contributed by atoms with Crippen LogP contribution in [0, 0.1) is 5.82 Å². The van der Waals surface area contributed by atoms with E-state index in [0.717, 1.165) is 5.56 Å².